The first-order valence-electron chi connectivity index (χ1n) is 7.74. The van der Waals surface area contributed by atoms with Crippen molar-refractivity contribution in [2.45, 2.75) is 50.0 Å². The number of benzene rings is 1. The number of hydrogen-bond donors (Lipinski definition) is 1. The number of hydrogen-bond acceptors (Lipinski definition) is 2. The predicted octanol–water partition coefficient (Wildman–Crippen LogP) is 3.04. The van der Waals surface area contributed by atoms with Crippen molar-refractivity contribution in [2.24, 2.45) is 5.92 Å². The molecule has 0 aromatic heterocycles. The molecule has 1 aromatic rings. The standard InChI is InChI=1S/C17H23NO/c1-19-13-6-5-12-10-16-14-4-2-3-7-17(14,8-9-18-16)15(12)11-13/h5-6,11,14,16,18H,2-4,7-10H2,1H3/t14-,16-,17-/m1/s1. The molecule has 2 bridgehead atoms. The van der Waals surface area contributed by atoms with E-state index in [2.05, 4.69) is 23.5 Å². The van der Waals surface area contributed by atoms with Crippen LogP contribution >= 0.6 is 0 Å². The van der Waals surface area contributed by atoms with E-state index in [4.69, 9.17) is 4.74 Å². The molecule has 102 valence electrons. The van der Waals surface area contributed by atoms with Crippen LogP contribution in [0.1, 0.15) is 43.2 Å². The molecule has 1 saturated carbocycles. The summed E-state index contributed by atoms with van der Waals surface area (Å²) < 4.78 is 5.48. The smallest absolute Gasteiger partial charge is 0.119 e. The summed E-state index contributed by atoms with van der Waals surface area (Å²) in [5, 5.41) is 3.78. The Balaban J connectivity index is 1.88. The largest absolute Gasteiger partial charge is 0.497 e. The summed E-state index contributed by atoms with van der Waals surface area (Å²) in [6, 6.07) is 7.50. The third-order valence-electron chi connectivity index (χ3n) is 5.85. The first-order valence-corrected chi connectivity index (χ1v) is 7.74. The molecule has 1 N–H and O–H groups in total. The predicted molar refractivity (Wildman–Crippen MR) is 76.7 cm³/mol. The van der Waals surface area contributed by atoms with Crippen LogP contribution in [0.15, 0.2) is 18.2 Å². The summed E-state index contributed by atoms with van der Waals surface area (Å²) in [6.07, 6.45) is 8.15. The molecule has 3 aliphatic rings. The second-order valence-corrected chi connectivity index (χ2v) is 6.55. The Hall–Kier alpha value is -1.02. The molecule has 0 spiro atoms. The quantitative estimate of drug-likeness (QED) is 0.835. The fraction of sp³-hybridized carbons (Fsp3) is 0.647. The normalized spacial score (nSPS) is 36.3. The maximum absolute atomic E-state index is 5.48. The first-order chi connectivity index (χ1) is 9.33. The van der Waals surface area contributed by atoms with Gasteiger partial charge in [-0.25, -0.2) is 0 Å². The van der Waals surface area contributed by atoms with E-state index in [0.29, 0.717) is 5.41 Å². The Morgan fingerprint density at radius 1 is 1.26 bits per heavy atom. The van der Waals surface area contributed by atoms with Crippen molar-refractivity contribution in [3.05, 3.63) is 29.3 Å². The first kappa shape index (κ1) is 11.8. The van der Waals surface area contributed by atoms with Crippen LogP contribution in [0.4, 0.5) is 0 Å². The van der Waals surface area contributed by atoms with Crippen LogP contribution < -0.4 is 10.1 Å². The molecule has 2 nitrogen and oxygen atoms in total. The number of fused-ring (bicyclic) bond motifs is 1. The lowest BCUT2D eigenvalue weighted by Gasteiger charge is -2.56. The molecular formula is C17H23NO. The average molecular weight is 257 g/mol. The minimum atomic E-state index is 0.455. The zero-order valence-corrected chi connectivity index (χ0v) is 11.7. The van der Waals surface area contributed by atoms with Crippen molar-refractivity contribution in [1.29, 1.82) is 0 Å². The van der Waals surface area contributed by atoms with Gasteiger partial charge in [-0.05, 0) is 61.4 Å². The lowest BCUT2D eigenvalue weighted by atomic mass is 9.53. The van der Waals surface area contributed by atoms with Crippen molar-refractivity contribution in [3.63, 3.8) is 0 Å². The summed E-state index contributed by atoms with van der Waals surface area (Å²) in [7, 11) is 1.78. The monoisotopic (exact) mass is 257 g/mol. The third-order valence-corrected chi connectivity index (χ3v) is 5.85. The van der Waals surface area contributed by atoms with Crippen LogP contribution in [0.3, 0.4) is 0 Å². The van der Waals surface area contributed by atoms with Gasteiger partial charge in [0, 0.05) is 11.5 Å². The average Bonchev–Trinajstić information content (AvgIpc) is 2.47. The highest BCUT2D eigenvalue weighted by Crippen LogP contribution is 2.54. The fourth-order valence-electron chi connectivity index (χ4n) is 5.03. The van der Waals surface area contributed by atoms with Crippen LogP contribution in [0.2, 0.25) is 0 Å². The number of methoxy groups -OCH3 is 1. The molecule has 19 heavy (non-hydrogen) atoms. The third kappa shape index (κ3) is 1.59. The molecule has 0 unspecified atom stereocenters. The van der Waals surface area contributed by atoms with Gasteiger partial charge in [0.2, 0.25) is 0 Å². The number of rotatable bonds is 1. The Morgan fingerprint density at radius 2 is 2.21 bits per heavy atom. The molecule has 0 amide bonds. The summed E-state index contributed by atoms with van der Waals surface area (Å²) in [4.78, 5) is 0. The molecule has 1 heterocycles. The molecule has 2 heteroatoms. The van der Waals surface area contributed by atoms with E-state index in [1.165, 1.54) is 45.1 Å². The van der Waals surface area contributed by atoms with Crippen LogP contribution in [-0.4, -0.2) is 19.7 Å². The van der Waals surface area contributed by atoms with Crippen molar-refractivity contribution in [1.82, 2.24) is 5.32 Å². The highest BCUT2D eigenvalue weighted by atomic mass is 16.5. The Kier molecular flexibility index (Phi) is 2.63. The van der Waals surface area contributed by atoms with Crippen LogP contribution in [0.5, 0.6) is 5.75 Å². The van der Waals surface area contributed by atoms with E-state index in [0.717, 1.165) is 17.7 Å². The van der Waals surface area contributed by atoms with E-state index in [-0.39, 0.29) is 0 Å². The van der Waals surface area contributed by atoms with Gasteiger partial charge in [0.1, 0.15) is 5.75 Å². The summed E-state index contributed by atoms with van der Waals surface area (Å²) in [6.45, 7) is 1.19. The van der Waals surface area contributed by atoms with Gasteiger partial charge >= 0.3 is 0 Å². The Morgan fingerprint density at radius 3 is 3.11 bits per heavy atom. The van der Waals surface area contributed by atoms with Gasteiger partial charge in [0.05, 0.1) is 7.11 Å². The van der Waals surface area contributed by atoms with Crippen LogP contribution in [0.25, 0.3) is 0 Å². The fourth-order valence-corrected chi connectivity index (χ4v) is 5.03. The van der Waals surface area contributed by atoms with Crippen molar-refractivity contribution >= 4 is 0 Å². The second kappa shape index (κ2) is 4.24. The molecule has 1 aromatic carbocycles. The molecule has 3 atom stereocenters. The SMILES string of the molecule is COc1ccc2c(c1)[C@@]13CCCC[C@@H]1[C@@H](C2)NCC3. The van der Waals surface area contributed by atoms with Gasteiger partial charge in [-0.1, -0.05) is 18.9 Å². The van der Waals surface area contributed by atoms with Crippen molar-refractivity contribution in [2.75, 3.05) is 13.7 Å². The van der Waals surface area contributed by atoms with Crippen LogP contribution in [-0.2, 0) is 11.8 Å². The van der Waals surface area contributed by atoms with Crippen molar-refractivity contribution < 1.29 is 4.74 Å². The molecular weight excluding hydrogens is 234 g/mol. The molecule has 2 aliphatic carbocycles. The number of ether oxygens (including phenoxy) is 1. The maximum Gasteiger partial charge on any atom is 0.119 e. The molecule has 2 fully saturated rings. The van der Waals surface area contributed by atoms with Gasteiger partial charge in [-0.3, -0.25) is 0 Å². The Bertz CT molecular complexity index is 494. The molecule has 1 saturated heterocycles. The highest BCUT2D eigenvalue weighted by Gasteiger charge is 2.51. The second-order valence-electron chi connectivity index (χ2n) is 6.55. The minimum absolute atomic E-state index is 0.455. The van der Waals surface area contributed by atoms with Gasteiger partial charge in [0.25, 0.3) is 0 Å². The topological polar surface area (TPSA) is 21.3 Å². The summed E-state index contributed by atoms with van der Waals surface area (Å²) in [5.41, 5.74) is 3.64. The minimum Gasteiger partial charge on any atom is -0.497 e. The molecule has 0 radical (unpaired) electrons. The number of piperidine rings is 1. The lowest BCUT2D eigenvalue weighted by molar-refractivity contribution is 0.0795. The number of nitrogens with one attached hydrogen (secondary N) is 1. The molecule has 4 rings (SSSR count). The van der Waals surface area contributed by atoms with E-state index in [1.54, 1.807) is 18.2 Å². The highest BCUT2D eigenvalue weighted by molar-refractivity contribution is 5.45. The zero-order chi connectivity index (χ0) is 12.9. The van der Waals surface area contributed by atoms with E-state index in [9.17, 15) is 0 Å². The van der Waals surface area contributed by atoms with E-state index in [1.807, 2.05) is 0 Å². The molecule has 1 aliphatic heterocycles. The lowest BCUT2D eigenvalue weighted by Crippen LogP contribution is -2.59. The maximum atomic E-state index is 5.48. The van der Waals surface area contributed by atoms with Gasteiger partial charge in [0.15, 0.2) is 0 Å². The van der Waals surface area contributed by atoms with Crippen molar-refractivity contribution in [3.8, 4) is 5.75 Å². The van der Waals surface area contributed by atoms with E-state index < -0.39 is 0 Å². The van der Waals surface area contributed by atoms with Gasteiger partial charge < -0.3 is 10.1 Å². The van der Waals surface area contributed by atoms with Gasteiger partial charge in [-0.2, -0.15) is 0 Å². The summed E-state index contributed by atoms with van der Waals surface area (Å²) >= 11 is 0. The van der Waals surface area contributed by atoms with Gasteiger partial charge in [-0.15, -0.1) is 0 Å². The zero-order valence-electron chi connectivity index (χ0n) is 11.7. The summed E-state index contributed by atoms with van der Waals surface area (Å²) in [5.74, 6) is 1.89. The van der Waals surface area contributed by atoms with E-state index >= 15 is 0 Å². The Labute approximate surface area is 115 Å². The van der Waals surface area contributed by atoms with Crippen LogP contribution in [0, 0.1) is 5.92 Å².